The van der Waals surface area contributed by atoms with Crippen LogP contribution in [0.1, 0.15) is 36.1 Å². The first kappa shape index (κ1) is 13.6. The fraction of sp³-hybridized carbons (Fsp3) is 0.571. The maximum Gasteiger partial charge on any atom is 0.153 e. The Bertz CT molecular complexity index is 537. The smallest absolute Gasteiger partial charge is 0.153 e. The molecule has 18 heavy (non-hydrogen) atoms. The summed E-state index contributed by atoms with van der Waals surface area (Å²) in [6.07, 6.45) is 0.848. The van der Waals surface area contributed by atoms with Gasteiger partial charge in [-0.3, -0.25) is 0 Å². The second kappa shape index (κ2) is 5.02. The maximum atomic E-state index is 11.9. The number of hydrogen-bond acceptors (Lipinski definition) is 3. The Morgan fingerprint density at radius 1 is 1.28 bits per heavy atom. The number of benzene rings is 1. The van der Waals surface area contributed by atoms with Crippen molar-refractivity contribution in [2.24, 2.45) is 0 Å². The predicted molar refractivity (Wildman–Crippen MR) is 74.5 cm³/mol. The van der Waals surface area contributed by atoms with Gasteiger partial charge in [-0.15, -0.1) is 0 Å². The van der Waals surface area contributed by atoms with Crippen molar-refractivity contribution in [1.29, 1.82) is 0 Å². The zero-order chi connectivity index (χ0) is 13.3. The molecule has 2 rings (SSSR count). The van der Waals surface area contributed by atoms with E-state index in [0.717, 1.165) is 12.0 Å². The largest absolute Gasteiger partial charge is 0.305 e. The van der Waals surface area contributed by atoms with Gasteiger partial charge in [-0.25, -0.2) is 8.42 Å². The van der Waals surface area contributed by atoms with Crippen LogP contribution in [-0.2, 0) is 9.84 Å². The highest BCUT2D eigenvalue weighted by atomic mass is 32.2. The third-order valence-corrected chi connectivity index (χ3v) is 5.36. The summed E-state index contributed by atoms with van der Waals surface area (Å²) in [6.45, 7) is 6.13. The highest BCUT2D eigenvalue weighted by Gasteiger charge is 2.31. The van der Waals surface area contributed by atoms with Crippen molar-refractivity contribution in [3.8, 4) is 0 Å². The number of hydrogen-bond donors (Lipinski definition) is 1. The first-order chi connectivity index (χ1) is 8.41. The summed E-state index contributed by atoms with van der Waals surface area (Å²) in [7, 11) is -2.93. The van der Waals surface area contributed by atoms with E-state index in [-0.39, 0.29) is 23.6 Å². The molecule has 100 valence electrons. The third-order valence-electron chi connectivity index (χ3n) is 3.61. The molecule has 1 saturated heterocycles. The van der Waals surface area contributed by atoms with E-state index >= 15 is 0 Å². The summed E-state index contributed by atoms with van der Waals surface area (Å²) in [6, 6.07) is 6.23. The summed E-state index contributed by atoms with van der Waals surface area (Å²) in [5, 5.41) is 3.46. The Hall–Kier alpha value is -0.870. The molecule has 1 fully saturated rings. The Kier molecular flexibility index (Phi) is 3.78. The van der Waals surface area contributed by atoms with Gasteiger partial charge >= 0.3 is 0 Å². The zero-order valence-corrected chi connectivity index (χ0v) is 12.0. The number of rotatable bonds is 2. The topological polar surface area (TPSA) is 46.2 Å². The molecule has 1 aliphatic heterocycles. The molecular formula is C14H21NO2S. The number of nitrogens with one attached hydrogen (secondary N) is 1. The molecule has 0 aromatic heterocycles. The standard InChI is InChI=1S/C14H21NO2S/c1-4-12-8-18(16,17)9-14(15-12)13-6-5-10(2)7-11(13)3/h5-7,12,14-15H,4,8-9H2,1-3H3. The van der Waals surface area contributed by atoms with Crippen LogP contribution in [0.3, 0.4) is 0 Å². The van der Waals surface area contributed by atoms with Crippen molar-refractivity contribution in [1.82, 2.24) is 5.32 Å². The van der Waals surface area contributed by atoms with Crippen LogP contribution < -0.4 is 5.32 Å². The first-order valence-corrected chi connectivity index (χ1v) is 8.27. The Balaban J connectivity index is 2.32. The van der Waals surface area contributed by atoms with Crippen molar-refractivity contribution >= 4 is 9.84 Å². The number of sulfone groups is 1. The lowest BCUT2D eigenvalue weighted by Gasteiger charge is -2.31. The van der Waals surface area contributed by atoms with E-state index in [0.29, 0.717) is 0 Å². The third kappa shape index (κ3) is 2.93. The summed E-state index contributed by atoms with van der Waals surface area (Å²) >= 11 is 0. The second-order valence-corrected chi connectivity index (χ2v) is 7.42. The molecule has 0 radical (unpaired) electrons. The molecule has 1 aromatic rings. The van der Waals surface area contributed by atoms with Crippen LogP contribution in [0, 0.1) is 13.8 Å². The number of aryl methyl sites for hydroxylation is 2. The van der Waals surface area contributed by atoms with Gasteiger partial charge in [0.1, 0.15) is 0 Å². The van der Waals surface area contributed by atoms with Crippen LogP contribution in [0.25, 0.3) is 0 Å². The lowest BCUT2D eigenvalue weighted by Crippen LogP contribution is -2.46. The fourth-order valence-corrected chi connectivity index (χ4v) is 4.51. The Morgan fingerprint density at radius 3 is 2.61 bits per heavy atom. The van der Waals surface area contributed by atoms with E-state index in [1.165, 1.54) is 11.1 Å². The Morgan fingerprint density at radius 2 is 2.00 bits per heavy atom. The van der Waals surface area contributed by atoms with Gasteiger partial charge in [-0.2, -0.15) is 0 Å². The van der Waals surface area contributed by atoms with Gasteiger partial charge < -0.3 is 5.32 Å². The molecule has 0 amide bonds. The lowest BCUT2D eigenvalue weighted by molar-refractivity contribution is 0.439. The van der Waals surface area contributed by atoms with Gasteiger partial charge in [0.15, 0.2) is 9.84 Å². The van der Waals surface area contributed by atoms with Gasteiger partial charge in [0.2, 0.25) is 0 Å². The lowest BCUT2D eigenvalue weighted by atomic mass is 9.99. The molecule has 0 bridgehead atoms. The van der Waals surface area contributed by atoms with E-state index in [2.05, 4.69) is 24.4 Å². The summed E-state index contributed by atoms with van der Waals surface area (Å²) in [5.41, 5.74) is 3.49. The molecule has 1 aromatic carbocycles. The summed E-state index contributed by atoms with van der Waals surface area (Å²) < 4.78 is 23.9. The van der Waals surface area contributed by atoms with Crippen LogP contribution in [-0.4, -0.2) is 26.0 Å². The van der Waals surface area contributed by atoms with Crippen molar-refractivity contribution in [3.63, 3.8) is 0 Å². The molecule has 2 atom stereocenters. The van der Waals surface area contributed by atoms with Crippen LogP contribution in [0.5, 0.6) is 0 Å². The van der Waals surface area contributed by atoms with Crippen LogP contribution in [0.15, 0.2) is 18.2 Å². The molecule has 0 spiro atoms. The highest BCUT2D eigenvalue weighted by molar-refractivity contribution is 7.91. The predicted octanol–water partition coefficient (Wildman–Crippen LogP) is 2.14. The van der Waals surface area contributed by atoms with E-state index in [4.69, 9.17) is 0 Å². The minimum atomic E-state index is -2.93. The monoisotopic (exact) mass is 267 g/mol. The molecule has 3 nitrogen and oxygen atoms in total. The minimum Gasteiger partial charge on any atom is -0.305 e. The first-order valence-electron chi connectivity index (χ1n) is 6.45. The highest BCUT2D eigenvalue weighted by Crippen LogP contribution is 2.25. The molecular weight excluding hydrogens is 246 g/mol. The molecule has 0 saturated carbocycles. The van der Waals surface area contributed by atoms with Crippen molar-refractivity contribution in [2.45, 2.75) is 39.3 Å². The normalized spacial score (nSPS) is 27.1. The van der Waals surface area contributed by atoms with Gasteiger partial charge in [-0.05, 0) is 31.4 Å². The average Bonchev–Trinajstić information content (AvgIpc) is 2.26. The molecule has 4 heteroatoms. The van der Waals surface area contributed by atoms with Crippen molar-refractivity contribution in [2.75, 3.05) is 11.5 Å². The van der Waals surface area contributed by atoms with Crippen LogP contribution in [0.2, 0.25) is 0 Å². The van der Waals surface area contributed by atoms with Crippen molar-refractivity contribution in [3.05, 3.63) is 34.9 Å². The fourth-order valence-electron chi connectivity index (χ4n) is 2.64. The van der Waals surface area contributed by atoms with E-state index in [1.807, 2.05) is 19.9 Å². The minimum absolute atomic E-state index is 0.0608. The molecule has 1 heterocycles. The summed E-state index contributed by atoms with van der Waals surface area (Å²) in [4.78, 5) is 0. The van der Waals surface area contributed by atoms with Crippen molar-refractivity contribution < 1.29 is 8.42 Å². The van der Waals surface area contributed by atoms with Crippen LogP contribution in [0.4, 0.5) is 0 Å². The second-order valence-electron chi connectivity index (χ2n) is 5.26. The maximum absolute atomic E-state index is 11.9. The van der Waals surface area contributed by atoms with E-state index in [9.17, 15) is 8.42 Å². The SMILES string of the molecule is CCC1CS(=O)(=O)CC(c2ccc(C)cc2C)N1. The molecule has 0 aliphatic carbocycles. The molecule has 1 N–H and O–H groups in total. The quantitative estimate of drug-likeness (QED) is 0.893. The van der Waals surface area contributed by atoms with E-state index < -0.39 is 9.84 Å². The zero-order valence-electron chi connectivity index (χ0n) is 11.2. The van der Waals surface area contributed by atoms with Gasteiger partial charge in [0, 0.05) is 12.1 Å². The van der Waals surface area contributed by atoms with Crippen LogP contribution >= 0.6 is 0 Å². The molecule has 1 aliphatic rings. The summed E-state index contributed by atoms with van der Waals surface area (Å²) in [5.74, 6) is 0.484. The van der Waals surface area contributed by atoms with Gasteiger partial charge in [0.05, 0.1) is 11.5 Å². The molecule has 2 unspecified atom stereocenters. The van der Waals surface area contributed by atoms with Gasteiger partial charge in [-0.1, -0.05) is 30.7 Å². The Labute approximate surface area is 110 Å². The average molecular weight is 267 g/mol. The van der Waals surface area contributed by atoms with E-state index in [1.54, 1.807) is 0 Å². The van der Waals surface area contributed by atoms with Gasteiger partial charge in [0.25, 0.3) is 0 Å².